The monoisotopic (exact) mass is 322 g/mol. The first-order valence-corrected chi connectivity index (χ1v) is 8.05. The highest BCUT2D eigenvalue weighted by Crippen LogP contribution is 2.28. The minimum absolute atomic E-state index is 0.0280. The van der Waals surface area contributed by atoms with Crippen molar-refractivity contribution in [1.82, 2.24) is 5.32 Å². The van der Waals surface area contributed by atoms with Gasteiger partial charge in [-0.05, 0) is 18.6 Å². The first-order chi connectivity index (χ1) is 8.82. The fraction of sp³-hybridized carbons (Fsp3) is 0.417. The van der Waals surface area contributed by atoms with Gasteiger partial charge in [0.05, 0.1) is 15.6 Å². The standard InChI is InChI=1S/C12H16Cl2N2O2S/c1-7(19(2)18)3-4-16-12(17)9-5-8(15)6-10(13)11(9)14/h5-7H,3-4,15H2,1-2H3,(H,16,17). The van der Waals surface area contributed by atoms with Crippen LogP contribution in [0.15, 0.2) is 12.1 Å². The molecule has 2 atom stereocenters. The van der Waals surface area contributed by atoms with Crippen LogP contribution in [0.3, 0.4) is 0 Å². The van der Waals surface area contributed by atoms with E-state index < -0.39 is 10.8 Å². The number of benzene rings is 1. The van der Waals surface area contributed by atoms with E-state index in [4.69, 9.17) is 28.9 Å². The van der Waals surface area contributed by atoms with E-state index in [-0.39, 0.29) is 26.8 Å². The molecule has 0 radical (unpaired) electrons. The van der Waals surface area contributed by atoms with Crippen LogP contribution in [0.2, 0.25) is 10.0 Å². The van der Waals surface area contributed by atoms with Crippen LogP contribution in [0.4, 0.5) is 5.69 Å². The van der Waals surface area contributed by atoms with E-state index in [9.17, 15) is 9.00 Å². The van der Waals surface area contributed by atoms with Crippen LogP contribution < -0.4 is 11.1 Å². The number of carbonyl (C=O) groups excluding carboxylic acids is 1. The highest BCUT2D eigenvalue weighted by Gasteiger charge is 2.14. The number of nitrogens with two attached hydrogens (primary N) is 1. The van der Waals surface area contributed by atoms with Crippen molar-refractivity contribution in [3.63, 3.8) is 0 Å². The number of rotatable bonds is 5. The van der Waals surface area contributed by atoms with Crippen molar-refractivity contribution < 1.29 is 9.00 Å². The maximum Gasteiger partial charge on any atom is 0.252 e. The van der Waals surface area contributed by atoms with Crippen molar-refractivity contribution in [2.24, 2.45) is 0 Å². The Kier molecular flexibility index (Phi) is 6.10. The van der Waals surface area contributed by atoms with Crippen molar-refractivity contribution in [3.05, 3.63) is 27.7 Å². The zero-order valence-corrected chi connectivity index (χ0v) is 13.0. The summed E-state index contributed by atoms with van der Waals surface area (Å²) in [4.78, 5) is 11.9. The molecule has 0 saturated carbocycles. The summed E-state index contributed by atoms with van der Waals surface area (Å²) in [6, 6.07) is 2.97. The summed E-state index contributed by atoms with van der Waals surface area (Å²) in [7, 11) is -0.900. The second kappa shape index (κ2) is 7.12. The normalized spacial score (nSPS) is 13.9. The highest BCUT2D eigenvalue weighted by atomic mass is 35.5. The molecule has 0 bridgehead atoms. The molecule has 0 aliphatic heterocycles. The molecule has 0 fully saturated rings. The lowest BCUT2D eigenvalue weighted by Gasteiger charge is -2.11. The topological polar surface area (TPSA) is 72.2 Å². The van der Waals surface area contributed by atoms with E-state index in [0.717, 1.165) is 0 Å². The molecule has 19 heavy (non-hydrogen) atoms. The fourth-order valence-electron chi connectivity index (χ4n) is 1.43. The van der Waals surface area contributed by atoms with Crippen LogP contribution in [0, 0.1) is 0 Å². The third kappa shape index (κ3) is 4.67. The van der Waals surface area contributed by atoms with Crippen LogP contribution in [-0.4, -0.2) is 28.2 Å². The van der Waals surface area contributed by atoms with Crippen LogP contribution in [0.25, 0.3) is 0 Å². The molecule has 2 unspecified atom stereocenters. The molecule has 1 aromatic carbocycles. The van der Waals surface area contributed by atoms with E-state index in [2.05, 4.69) is 5.32 Å². The second-order valence-corrected chi connectivity index (χ2v) is 6.81. The predicted octanol–water partition coefficient (Wildman–Crippen LogP) is 2.46. The Labute approximate surface area is 125 Å². The number of nitrogen functional groups attached to an aromatic ring is 1. The Balaban J connectivity index is 2.67. The number of halogens is 2. The lowest BCUT2D eigenvalue weighted by atomic mass is 10.2. The molecule has 0 aromatic heterocycles. The molecular formula is C12H16Cl2N2O2S. The number of carbonyl (C=O) groups is 1. The molecule has 1 aromatic rings. The van der Waals surface area contributed by atoms with E-state index in [1.807, 2.05) is 6.92 Å². The van der Waals surface area contributed by atoms with Crippen molar-refractivity contribution in [2.75, 3.05) is 18.5 Å². The Morgan fingerprint density at radius 1 is 1.47 bits per heavy atom. The summed E-state index contributed by atoms with van der Waals surface area (Å²) in [6.45, 7) is 2.29. The molecule has 3 N–H and O–H groups in total. The highest BCUT2D eigenvalue weighted by molar-refractivity contribution is 7.84. The SMILES string of the molecule is CC(CCNC(=O)c1cc(N)cc(Cl)c1Cl)S(C)=O. The van der Waals surface area contributed by atoms with Gasteiger partial charge in [-0.15, -0.1) is 0 Å². The number of amides is 1. The van der Waals surface area contributed by atoms with Gasteiger partial charge in [0.15, 0.2) is 0 Å². The number of hydrogen-bond donors (Lipinski definition) is 2. The van der Waals surface area contributed by atoms with Gasteiger partial charge in [0.25, 0.3) is 5.91 Å². The van der Waals surface area contributed by atoms with Crippen molar-refractivity contribution in [2.45, 2.75) is 18.6 Å². The Morgan fingerprint density at radius 3 is 2.68 bits per heavy atom. The molecule has 0 saturated heterocycles. The van der Waals surface area contributed by atoms with Gasteiger partial charge >= 0.3 is 0 Å². The van der Waals surface area contributed by atoms with E-state index in [1.165, 1.54) is 12.1 Å². The summed E-state index contributed by atoms with van der Waals surface area (Å²) in [6.07, 6.45) is 2.27. The second-order valence-electron chi connectivity index (χ2n) is 4.22. The third-order valence-corrected chi connectivity index (χ3v) is 4.87. The van der Waals surface area contributed by atoms with E-state index in [0.29, 0.717) is 18.7 Å². The minimum atomic E-state index is -0.900. The predicted molar refractivity (Wildman–Crippen MR) is 81.4 cm³/mol. The van der Waals surface area contributed by atoms with Crippen LogP contribution in [0.1, 0.15) is 23.7 Å². The first-order valence-electron chi connectivity index (χ1n) is 5.68. The van der Waals surface area contributed by atoms with E-state index >= 15 is 0 Å². The maximum absolute atomic E-state index is 11.9. The van der Waals surface area contributed by atoms with Gasteiger partial charge in [-0.3, -0.25) is 9.00 Å². The molecule has 0 aliphatic carbocycles. The minimum Gasteiger partial charge on any atom is -0.399 e. The van der Waals surface area contributed by atoms with Crippen molar-refractivity contribution >= 4 is 45.6 Å². The number of anilines is 1. The van der Waals surface area contributed by atoms with Crippen molar-refractivity contribution in [1.29, 1.82) is 0 Å². The Hall–Kier alpha value is -0.780. The molecule has 106 valence electrons. The van der Waals surface area contributed by atoms with E-state index in [1.54, 1.807) is 6.26 Å². The average molecular weight is 323 g/mol. The molecule has 0 spiro atoms. The molecule has 0 heterocycles. The quantitative estimate of drug-likeness (QED) is 0.818. The molecule has 7 heteroatoms. The Bertz CT molecular complexity index is 509. The molecule has 1 rings (SSSR count). The van der Waals surface area contributed by atoms with Crippen LogP contribution >= 0.6 is 23.2 Å². The van der Waals surface area contributed by atoms with Crippen LogP contribution in [0.5, 0.6) is 0 Å². The average Bonchev–Trinajstić information content (AvgIpc) is 2.33. The summed E-state index contributed by atoms with van der Waals surface area (Å²) >= 11 is 11.8. The summed E-state index contributed by atoms with van der Waals surface area (Å²) in [5.74, 6) is -0.340. The first kappa shape index (κ1) is 16.3. The lowest BCUT2D eigenvalue weighted by Crippen LogP contribution is -2.27. The van der Waals surface area contributed by atoms with Gasteiger partial charge in [0, 0.05) is 34.5 Å². The summed E-state index contributed by atoms with van der Waals surface area (Å²) in [5.41, 5.74) is 6.24. The molecule has 4 nitrogen and oxygen atoms in total. The van der Waals surface area contributed by atoms with Gasteiger partial charge in [0.2, 0.25) is 0 Å². The van der Waals surface area contributed by atoms with Gasteiger partial charge in [-0.25, -0.2) is 0 Å². The summed E-state index contributed by atoms with van der Waals surface area (Å²) < 4.78 is 11.2. The smallest absolute Gasteiger partial charge is 0.252 e. The number of hydrogen-bond acceptors (Lipinski definition) is 3. The maximum atomic E-state index is 11.9. The van der Waals surface area contributed by atoms with Gasteiger partial charge in [0.1, 0.15) is 0 Å². The zero-order valence-electron chi connectivity index (χ0n) is 10.7. The van der Waals surface area contributed by atoms with Gasteiger partial charge in [-0.1, -0.05) is 30.1 Å². The molecular weight excluding hydrogens is 307 g/mol. The Morgan fingerprint density at radius 2 is 2.11 bits per heavy atom. The third-order valence-electron chi connectivity index (χ3n) is 2.70. The largest absolute Gasteiger partial charge is 0.399 e. The summed E-state index contributed by atoms with van der Waals surface area (Å²) in [5, 5.41) is 3.16. The lowest BCUT2D eigenvalue weighted by molar-refractivity contribution is 0.0953. The van der Waals surface area contributed by atoms with Gasteiger partial charge < -0.3 is 11.1 Å². The van der Waals surface area contributed by atoms with Crippen LogP contribution in [-0.2, 0) is 10.8 Å². The molecule has 1 amide bonds. The number of nitrogens with one attached hydrogen (secondary N) is 1. The van der Waals surface area contributed by atoms with Gasteiger partial charge in [-0.2, -0.15) is 0 Å². The molecule has 0 aliphatic rings. The fourth-order valence-corrected chi connectivity index (χ4v) is 2.30. The zero-order chi connectivity index (χ0) is 14.6. The van der Waals surface area contributed by atoms with Crippen molar-refractivity contribution in [3.8, 4) is 0 Å².